The van der Waals surface area contributed by atoms with E-state index in [0.717, 1.165) is 22.3 Å². The molecule has 0 N–H and O–H groups in total. The summed E-state index contributed by atoms with van der Waals surface area (Å²) in [5.74, 6) is 1.64. The van der Waals surface area contributed by atoms with E-state index in [2.05, 4.69) is 0 Å². The first-order valence-corrected chi connectivity index (χ1v) is 7.35. The van der Waals surface area contributed by atoms with Crippen molar-refractivity contribution in [2.45, 2.75) is 27.2 Å². The molecule has 0 aliphatic carbocycles. The summed E-state index contributed by atoms with van der Waals surface area (Å²) in [6.07, 6.45) is 0.665. The summed E-state index contributed by atoms with van der Waals surface area (Å²) in [6.45, 7) is 6.51. The van der Waals surface area contributed by atoms with Gasteiger partial charge in [-0.25, -0.2) is 4.79 Å². The maximum Gasteiger partial charge on any atom is 0.339 e. The highest BCUT2D eigenvalue weighted by molar-refractivity contribution is 6.18. The van der Waals surface area contributed by atoms with Crippen molar-refractivity contribution < 1.29 is 9.15 Å². The zero-order valence-electron chi connectivity index (χ0n) is 12.0. The van der Waals surface area contributed by atoms with E-state index < -0.39 is 0 Å². The summed E-state index contributed by atoms with van der Waals surface area (Å²) >= 11 is 5.77. The molecule has 0 radical (unpaired) electrons. The number of benzene rings is 1. The molecular weight excluding hydrogens is 276 g/mol. The Balaban J connectivity index is 2.40. The molecule has 108 valence electrons. The molecule has 1 aromatic carbocycles. The Kier molecular flexibility index (Phi) is 4.71. The zero-order chi connectivity index (χ0) is 14.7. The Bertz CT molecular complexity index is 661. The molecule has 2 aromatic rings. The maximum atomic E-state index is 11.8. The molecule has 4 heteroatoms. The van der Waals surface area contributed by atoms with Crippen LogP contribution in [-0.2, 0) is 6.42 Å². The van der Waals surface area contributed by atoms with Crippen LogP contribution in [0.1, 0.15) is 25.0 Å². The fourth-order valence-electron chi connectivity index (χ4n) is 2.15. The van der Waals surface area contributed by atoms with E-state index in [-0.39, 0.29) is 5.63 Å². The lowest BCUT2D eigenvalue weighted by atomic mass is 10.0. The molecule has 0 spiro atoms. The second-order valence-electron chi connectivity index (χ2n) is 5.08. The average Bonchev–Trinajstić information content (AvgIpc) is 2.45. The lowest BCUT2D eigenvalue weighted by molar-refractivity contribution is 0.273. The molecule has 0 saturated heterocycles. The van der Waals surface area contributed by atoms with Crippen LogP contribution in [-0.4, -0.2) is 12.5 Å². The molecule has 0 aliphatic rings. The summed E-state index contributed by atoms with van der Waals surface area (Å²) in [6, 6.07) is 5.52. The van der Waals surface area contributed by atoms with Crippen molar-refractivity contribution in [3.63, 3.8) is 0 Å². The molecular formula is C16H19ClO3. The number of hydrogen-bond donors (Lipinski definition) is 0. The fourth-order valence-corrected chi connectivity index (χ4v) is 2.24. The number of rotatable bonds is 5. The fraction of sp³-hybridized carbons (Fsp3) is 0.438. The molecule has 3 nitrogen and oxygen atoms in total. The highest BCUT2D eigenvalue weighted by atomic mass is 35.5. The smallest absolute Gasteiger partial charge is 0.339 e. The number of halogens is 1. The van der Waals surface area contributed by atoms with E-state index in [9.17, 15) is 4.79 Å². The van der Waals surface area contributed by atoms with Gasteiger partial charge in [-0.1, -0.05) is 13.8 Å². The standard InChI is InChI=1S/C16H19ClO3/c1-4-13-11(3)14-7-12(19-9-10(2)8-17)5-6-15(14)20-16(13)18/h5-7,10H,4,8-9H2,1-3H3/t10-/m0/s1. The first-order chi connectivity index (χ1) is 9.56. The minimum atomic E-state index is -0.248. The van der Waals surface area contributed by atoms with Crippen LogP contribution in [0.2, 0.25) is 0 Å². The number of ether oxygens (including phenoxy) is 1. The van der Waals surface area contributed by atoms with Crippen LogP contribution in [0.25, 0.3) is 11.0 Å². The Hall–Kier alpha value is -1.48. The van der Waals surface area contributed by atoms with Gasteiger partial charge in [0, 0.05) is 22.7 Å². The molecule has 0 aliphatic heterocycles. The third-order valence-electron chi connectivity index (χ3n) is 3.41. The quantitative estimate of drug-likeness (QED) is 0.620. The van der Waals surface area contributed by atoms with Gasteiger partial charge >= 0.3 is 5.63 Å². The molecule has 0 bridgehead atoms. The second kappa shape index (κ2) is 6.31. The predicted molar refractivity (Wildman–Crippen MR) is 82.0 cm³/mol. The third-order valence-corrected chi connectivity index (χ3v) is 3.94. The minimum absolute atomic E-state index is 0.248. The average molecular weight is 295 g/mol. The molecule has 20 heavy (non-hydrogen) atoms. The van der Waals surface area contributed by atoms with Crippen molar-refractivity contribution in [3.8, 4) is 5.75 Å². The second-order valence-corrected chi connectivity index (χ2v) is 5.38. The topological polar surface area (TPSA) is 39.4 Å². The van der Waals surface area contributed by atoms with Crippen LogP contribution < -0.4 is 10.4 Å². The van der Waals surface area contributed by atoms with Gasteiger partial charge in [0.25, 0.3) is 0 Å². The third kappa shape index (κ3) is 2.98. The molecule has 0 saturated carbocycles. The number of fused-ring (bicyclic) bond motifs is 1. The van der Waals surface area contributed by atoms with Crippen molar-refractivity contribution in [1.29, 1.82) is 0 Å². The summed E-state index contributed by atoms with van der Waals surface area (Å²) in [5.41, 5.74) is 2.04. The van der Waals surface area contributed by atoms with E-state index >= 15 is 0 Å². The van der Waals surface area contributed by atoms with Crippen LogP contribution in [0.3, 0.4) is 0 Å². The van der Waals surface area contributed by atoms with Crippen LogP contribution in [0.4, 0.5) is 0 Å². The minimum Gasteiger partial charge on any atom is -0.493 e. The van der Waals surface area contributed by atoms with Gasteiger partial charge in [0.2, 0.25) is 0 Å². The highest BCUT2D eigenvalue weighted by Crippen LogP contribution is 2.25. The van der Waals surface area contributed by atoms with Crippen molar-refractivity contribution in [1.82, 2.24) is 0 Å². The summed E-state index contributed by atoms with van der Waals surface area (Å²) in [4.78, 5) is 11.8. The number of aryl methyl sites for hydroxylation is 1. The first kappa shape index (κ1) is 14.9. The molecule has 1 atom stereocenters. The molecule has 1 heterocycles. The Morgan fingerprint density at radius 2 is 2.15 bits per heavy atom. The van der Waals surface area contributed by atoms with Crippen molar-refractivity contribution in [2.75, 3.05) is 12.5 Å². The maximum absolute atomic E-state index is 11.8. The lowest BCUT2D eigenvalue weighted by Gasteiger charge is -2.12. The number of hydrogen-bond acceptors (Lipinski definition) is 3. The van der Waals surface area contributed by atoms with E-state index in [1.54, 1.807) is 6.07 Å². The predicted octanol–water partition coefficient (Wildman–Crippen LogP) is 3.92. The Labute approximate surface area is 123 Å². The normalized spacial score (nSPS) is 12.6. The summed E-state index contributed by atoms with van der Waals surface area (Å²) in [5, 5.41) is 0.928. The van der Waals surface area contributed by atoms with Crippen LogP contribution >= 0.6 is 11.6 Å². The monoisotopic (exact) mass is 294 g/mol. The van der Waals surface area contributed by atoms with E-state index in [1.165, 1.54) is 0 Å². The largest absolute Gasteiger partial charge is 0.493 e. The SMILES string of the molecule is CCc1c(C)c2cc(OC[C@@H](C)CCl)ccc2oc1=O. The first-order valence-electron chi connectivity index (χ1n) is 6.81. The lowest BCUT2D eigenvalue weighted by Crippen LogP contribution is -2.10. The van der Waals surface area contributed by atoms with E-state index in [0.29, 0.717) is 30.4 Å². The van der Waals surface area contributed by atoms with E-state index in [1.807, 2.05) is 32.9 Å². The van der Waals surface area contributed by atoms with Crippen LogP contribution in [0.15, 0.2) is 27.4 Å². The van der Waals surface area contributed by atoms with Gasteiger partial charge in [-0.2, -0.15) is 0 Å². The van der Waals surface area contributed by atoms with Gasteiger partial charge in [0.1, 0.15) is 11.3 Å². The van der Waals surface area contributed by atoms with Crippen molar-refractivity contribution in [3.05, 3.63) is 39.7 Å². The van der Waals surface area contributed by atoms with Crippen LogP contribution in [0.5, 0.6) is 5.75 Å². The van der Waals surface area contributed by atoms with E-state index in [4.69, 9.17) is 20.8 Å². The molecule has 0 fully saturated rings. The molecule has 1 aromatic heterocycles. The Morgan fingerprint density at radius 1 is 1.40 bits per heavy atom. The van der Waals surface area contributed by atoms with Gasteiger partial charge < -0.3 is 9.15 Å². The molecule has 2 rings (SSSR count). The van der Waals surface area contributed by atoms with Crippen molar-refractivity contribution >= 4 is 22.6 Å². The van der Waals surface area contributed by atoms with Crippen LogP contribution in [0, 0.1) is 12.8 Å². The molecule has 0 amide bonds. The Morgan fingerprint density at radius 3 is 2.80 bits per heavy atom. The van der Waals surface area contributed by atoms with Gasteiger partial charge in [-0.3, -0.25) is 0 Å². The van der Waals surface area contributed by atoms with Gasteiger partial charge in [0.15, 0.2) is 0 Å². The number of alkyl halides is 1. The molecule has 0 unspecified atom stereocenters. The highest BCUT2D eigenvalue weighted by Gasteiger charge is 2.11. The van der Waals surface area contributed by atoms with Gasteiger partial charge in [-0.05, 0) is 37.1 Å². The van der Waals surface area contributed by atoms with Gasteiger partial charge in [0.05, 0.1) is 6.61 Å². The van der Waals surface area contributed by atoms with Crippen molar-refractivity contribution in [2.24, 2.45) is 5.92 Å². The van der Waals surface area contributed by atoms with Gasteiger partial charge in [-0.15, -0.1) is 11.6 Å². The summed E-state index contributed by atoms with van der Waals surface area (Å²) < 4.78 is 11.1. The zero-order valence-corrected chi connectivity index (χ0v) is 12.8. The summed E-state index contributed by atoms with van der Waals surface area (Å²) in [7, 11) is 0.